The van der Waals surface area contributed by atoms with E-state index in [2.05, 4.69) is 10.6 Å². The second-order valence-electron chi connectivity index (χ2n) is 8.31. The van der Waals surface area contributed by atoms with Gasteiger partial charge in [-0.15, -0.1) is 0 Å². The highest BCUT2D eigenvalue weighted by Crippen LogP contribution is 2.32. The molecule has 0 radical (unpaired) electrons. The predicted molar refractivity (Wildman–Crippen MR) is 144 cm³/mol. The van der Waals surface area contributed by atoms with E-state index in [0.717, 1.165) is 11.1 Å². The number of halogens is 2. The van der Waals surface area contributed by atoms with Crippen LogP contribution in [0.4, 0.5) is 0 Å². The standard InChI is InChI=1S/C29H24Cl2N2O3/c1-18-8-10-21(11-9-18)28(34)33-26(29(35)32-19(2)20-6-4-3-5-7-20)17-23-13-15-27(36-23)24-14-12-22(30)16-25(24)31/h3-17,19H,1-2H3,(H,32,35)(H,33,34). The van der Waals surface area contributed by atoms with Crippen molar-refractivity contribution in [2.24, 2.45) is 0 Å². The summed E-state index contributed by atoms with van der Waals surface area (Å²) in [6.45, 7) is 3.81. The summed E-state index contributed by atoms with van der Waals surface area (Å²) in [6.07, 6.45) is 1.49. The predicted octanol–water partition coefficient (Wildman–Crippen LogP) is 7.21. The van der Waals surface area contributed by atoms with Gasteiger partial charge in [-0.1, -0.05) is 71.2 Å². The summed E-state index contributed by atoms with van der Waals surface area (Å²) >= 11 is 12.3. The molecule has 7 heteroatoms. The van der Waals surface area contributed by atoms with Crippen LogP contribution in [0.2, 0.25) is 10.0 Å². The lowest BCUT2D eigenvalue weighted by molar-refractivity contribution is -0.118. The van der Waals surface area contributed by atoms with Gasteiger partial charge in [0.25, 0.3) is 11.8 Å². The van der Waals surface area contributed by atoms with Gasteiger partial charge in [0.05, 0.1) is 11.1 Å². The van der Waals surface area contributed by atoms with Gasteiger partial charge in [-0.2, -0.15) is 0 Å². The quantitative estimate of drug-likeness (QED) is 0.254. The molecular weight excluding hydrogens is 495 g/mol. The average Bonchev–Trinajstić information content (AvgIpc) is 3.32. The van der Waals surface area contributed by atoms with Crippen molar-refractivity contribution in [1.29, 1.82) is 0 Å². The second-order valence-corrected chi connectivity index (χ2v) is 9.15. The third-order valence-electron chi connectivity index (χ3n) is 5.56. The molecule has 4 aromatic rings. The van der Waals surface area contributed by atoms with Gasteiger partial charge in [0.15, 0.2) is 0 Å². The van der Waals surface area contributed by atoms with E-state index in [-0.39, 0.29) is 11.7 Å². The first-order chi connectivity index (χ1) is 17.3. The van der Waals surface area contributed by atoms with Gasteiger partial charge in [0, 0.05) is 22.2 Å². The molecule has 0 spiro atoms. The molecule has 2 amide bonds. The minimum absolute atomic E-state index is 0.0476. The van der Waals surface area contributed by atoms with E-state index in [9.17, 15) is 9.59 Å². The highest BCUT2D eigenvalue weighted by molar-refractivity contribution is 6.36. The van der Waals surface area contributed by atoms with E-state index in [1.807, 2.05) is 56.3 Å². The van der Waals surface area contributed by atoms with Gasteiger partial charge in [-0.05, 0) is 61.9 Å². The first kappa shape index (κ1) is 25.3. The summed E-state index contributed by atoms with van der Waals surface area (Å²) in [5, 5.41) is 6.62. The lowest BCUT2D eigenvalue weighted by Crippen LogP contribution is -2.36. The van der Waals surface area contributed by atoms with E-state index >= 15 is 0 Å². The van der Waals surface area contributed by atoms with E-state index in [4.69, 9.17) is 27.6 Å². The Balaban J connectivity index is 1.62. The molecule has 4 rings (SSSR count). The fraction of sp³-hybridized carbons (Fsp3) is 0.103. The molecule has 0 saturated carbocycles. The normalized spacial score (nSPS) is 12.2. The topological polar surface area (TPSA) is 71.3 Å². The first-order valence-electron chi connectivity index (χ1n) is 11.3. The van der Waals surface area contributed by atoms with Crippen LogP contribution in [-0.4, -0.2) is 11.8 Å². The molecule has 1 aromatic heterocycles. The summed E-state index contributed by atoms with van der Waals surface area (Å²) < 4.78 is 5.93. The largest absolute Gasteiger partial charge is 0.457 e. The number of nitrogens with one attached hydrogen (secondary N) is 2. The van der Waals surface area contributed by atoms with Gasteiger partial charge in [0.2, 0.25) is 0 Å². The fourth-order valence-corrected chi connectivity index (χ4v) is 4.07. The second kappa shape index (κ2) is 11.3. The Bertz CT molecular complexity index is 1410. The minimum atomic E-state index is -0.450. The van der Waals surface area contributed by atoms with Crippen molar-refractivity contribution >= 4 is 41.1 Å². The number of aryl methyl sites for hydroxylation is 1. The van der Waals surface area contributed by atoms with Gasteiger partial charge in [-0.25, -0.2) is 0 Å². The molecule has 1 heterocycles. The third-order valence-corrected chi connectivity index (χ3v) is 6.11. The molecule has 3 aromatic carbocycles. The number of hydrogen-bond acceptors (Lipinski definition) is 3. The SMILES string of the molecule is Cc1ccc(C(=O)NC(=Cc2ccc(-c3ccc(Cl)cc3Cl)o2)C(=O)NC(C)c2ccccc2)cc1. The number of rotatable bonds is 7. The number of carbonyl (C=O) groups excluding carboxylic acids is 2. The van der Waals surface area contributed by atoms with Crippen LogP contribution in [-0.2, 0) is 4.79 Å². The van der Waals surface area contributed by atoms with Crippen LogP contribution in [0, 0.1) is 6.92 Å². The van der Waals surface area contributed by atoms with Crippen molar-refractivity contribution in [3.63, 3.8) is 0 Å². The molecule has 182 valence electrons. The number of furan rings is 1. The van der Waals surface area contributed by atoms with Crippen molar-refractivity contribution in [2.75, 3.05) is 0 Å². The molecule has 1 atom stereocenters. The molecule has 0 saturated heterocycles. The minimum Gasteiger partial charge on any atom is -0.457 e. The van der Waals surface area contributed by atoms with Crippen LogP contribution >= 0.6 is 23.2 Å². The highest BCUT2D eigenvalue weighted by Gasteiger charge is 2.18. The van der Waals surface area contributed by atoms with Gasteiger partial charge < -0.3 is 15.1 Å². The van der Waals surface area contributed by atoms with Crippen molar-refractivity contribution in [1.82, 2.24) is 10.6 Å². The summed E-state index contributed by atoms with van der Waals surface area (Å²) in [7, 11) is 0. The molecule has 0 fully saturated rings. The molecule has 0 aliphatic carbocycles. The Kier molecular flexibility index (Phi) is 7.93. The Hall–Kier alpha value is -3.80. The molecule has 0 aliphatic rings. The van der Waals surface area contributed by atoms with Gasteiger partial charge in [0.1, 0.15) is 17.2 Å². The number of benzene rings is 3. The van der Waals surface area contributed by atoms with Crippen LogP contribution in [0.25, 0.3) is 17.4 Å². The summed E-state index contributed by atoms with van der Waals surface area (Å²) in [6, 6.07) is 24.9. The monoisotopic (exact) mass is 518 g/mol. The molecule has 0 aliphatic heterocycles. The molecule has 1 unspecified atom stereocenters. The van der Waals surface area contributed by atoms with Crippen LogP contribution in [0.1, 0.15) is 40.2 Å². The Morgan fingerprint density at radius 3 is 2.33 bits per heavy atom. The lowest BCUT2D eigenvalue weighted by Gasteiger charge is -2.16. The number of hydrogen-bond donors (Lipinski definition) is 2. The van der Waals surface area contributed by atoms with Gasteiger partial charge >= 0.3 is 0 Å². The van der Waals surface area contributed by atoms with E-state index < -0.39 is 11.8 Å². The lowest BCUT2D eigenvalue weighted by atomic mass is 10.1. The zero-order valence-electron chi connectivity index (χ0n) is 19.7. The van der Waals surface area contributed by atoms with Crippen LogP contribution in [0.5, 0.6) is 0 Å². The van der Waals surface area contributed by atoms with Crippen LogP contribution < -0.4 is 10.6 Å². The molecule has 36 heavy (non-hydrogen) atoms. The van der Waals surface area contributed by atoms with Crippen molar-refractivity contribution in [3.05, 3.63) is 123 Å². The Labute approximate surface area is 219 Å². The summed E-state index contributed by atoms with van der Waals surface area (Å²) in [4.78, 5) is 26.2. The molecule has 0 bridgehead atoms. The first-order valence-corrected chi connectivity index (χ1v) is 12.1. The maximum atomic E-state index is 13.2. The van der Waals surface area contributed by atoms with Gasteiger partial charge in [-0.3, -0.25) is 9.59 Å². The summed E-state index contributed by atoms with van der Waals surface area (Å²) in [5.74, 6) is 0.0218. The maximum Gasteiger partial charge on any atom is 0.268 e. The van der Waals surface area contributed by atoms with Crippen LogP contribution in [0.3, 0.4) is 0 Å². The van der Waals surface area contributed by atoms with Crippen molar-refractivity contribution in [3.8, 4) is 11.3 Å². The average molecular weight is 519 g/mol. The third kappa shape index (κ3) is 6.25. The van der Waals surface area contributed by atoms with E-state index in [1.165, 1.54) is 6.08 Å². The zero-order chi connectivity index (χ0) is 25.7. The summed E-state index contributed by atoms with van der Waals surface area (Å²) in [5.41, 5.74) is 3.11. The molecular formula is C29H24Cl2N2O3. The number of carbonyl (C=O) groups is 2. The Morgan fingerprint density at radius 2 is 1.64 bits per heavy atom. The van der Waals surface area contributed by atoms with E-state index in [1.54, 1.807) is 42.5 Å². The smallest absolute Gasteiger partial charge is 0.268 e. The maximum absolute atomic E-state index is 13.2. The van der Waals surface area contributed by atoms with Crippen molar-refractivity contribution < 1.29 is 14.0 Å². The highest BCUT2D eigenvalue weighted by atomic mass is 35.5. The van der Waals surface area contributed by atoms with E-state index in [0.29, 0.717) is 32.7 Å². The molecule has 2 N–H and O–H groups in total. The fourth-order valence-electron chi connectivity index (χ4n) is 3.56. The molecule has 5 nitrogen and oxygen atoms in total. The van der Waals surface area contributed by atoms with Crippen LogP contribution in [0.15, 0.2) is 95.0 Å². The zero-order valence-corrected chi connectivity index (χ0v) is 21.2. The van der Waals surface area contributed by atoms with Crippen molar-refractivity contribution in [2.45, 2.75) is 19.9 Å². The number of amides is 2. The Morgan fingerprint density at radius 1 is 0.917 bits per heavy atom.